The van der Waals surface area contributed by atoms with Gasteiger partial charge in [-0.3, -0.25) is 4.79 Å². The van der Waals surface area contributed by atoms with Crippen molar-refractivity contribution in [3.63, 3.8) is 0 Å². The molecule has 7 heteroatoms. The maximum atomic E-state index is 12.8. The lowest BCUT2D eigenvalue weighted by atomic mass is 9.98. The van der Waals surface area contributed by atoms with E-state index in [9.17, 15) is 4.79 Å². The molecule has 4 rings (SSSR count). The number of fused-ring (bicyclic) bond motifs is 1. The molecule has 0 bridgehead atoms. The molecular weight excluding hydrogens is 380 g/mol. The van der Waals surface area contributed by atoms with Gasteiger partial charge in [0.2, 0.25) is 5.91 Å². The van der Waals surface area contributed by atoms with Crippen molar-refractivity contribution in [2.75, 3.05) is 13.2 Å². The van der Waals surface area contributed by atoms with Crippen LogP contribution in [0.2, 0.25) is 0 Å². The van der Waals surface area contributed by atoms with Crippen LogP contribution >= 0.6 is 0 Å². The molecule has 1 amide bonds. The first-order valence-electron chi connectivity index (χ1n) is 10.2. The summed E-state index contributed by atoms with van der Waals surface area (Å²) in [5.74, 6) is 2.75. The van der Waals surface area contributed by atoms with Crippen molar-refractivity contribution in [2.24, 2.45) is 0 Å². The third kappa shape index (κ3) is 4.79. The van der Waals surface area contributed by atoms with Gasteiger partial charge in [0.15, 0.2) is 11.5 Å². The standard InChI is InChI=1S/C23H26N4O3/c1-16-24-17(2)27(26-16)15-23(28)25-20(10-8-18-6-4-3-5-7-18)19-9-11-21-22(14-19)30-13-12-29-21/h3-7,9,11,14,20H,8,10,12-13,15H2,1-2H3,(H,25,28)/t20-/m0/s1. The number of benzene rings is 2. The first kappa shape index (κ1) is 19.9. The van der Waals surface area contributed by atoms with Gasteiger partial charge in [-0.2, -0.15) is 5.10 Å². The molecule has 30 heavy (non-hydrogen) atoms. The summed E-state index contributed by atoms with van der Waals surface area (Å²) in [6.45, 7) is 4.89. The van der Waals surface area contributed by atoms with E-state index in [0.717, 1.165) is 35.7 Å². The zero-order chi connectivity index (χ0) is 20.9. The smallest absolute Gasteiger partial charge is 0.242 e. The third-order valence-electron chi connectivity index (χ3n) is 5.12. The topological polar surface area (TPSA) is 78.3 Å². The molecule has 156 valence electrons. The van der Waals surface area contributed by atoms with Crippen LogP contribution in [0.3, 0.4) is 0 Å². The Bertz CT molecular complexity index is 1020. The first-order chi connectivity index (χ1) is 14.6. The van der Waals surface area contributed by atoms with Crippen molar-refractivity contribution in [3.05, 3.63) is 71.3 Å². The number of amides is 1. The van der Waals surface area contributed by atoms with Crippen LogP contribution in [0, 0.1) is 13.8 Å². The highest BCUT2D eigenvalue weighted by Gasteiger charge is 2.20. The van der Waals surface area contributed by atoms with Gasteiger partial charge in [-0.05, 0) is 49.9 Å². The Morgan fingerprint density at radius 2 is 1.87 bits per heavy atom. The molecule has 0 aliphatic carbocycles. The van der Waals surface area contributed by atoms with Gasteiger partial charge in [-0.15, -0.1) is 0 Å². The summed E-state index contributed by atoms with van der Waals surface area (Å²) >= 11 is 0. The number of hydrogen-bond donors (Lipinski definition) is 1. The highest BCUT2D eigenvalue weighted by atomic mass is 16.6. The molecule has 7 nitrogen and oxygen atoms in total. The molecular formula is C23H26N4O3. The number of ether oxygens (including phenoxy) is 2. The van der Waals surface area contributed by atoms with Gasteiger partial charge in [0.1, 0.15) is 31.4 Å². The van der Waals surface area contributed by atoms with E-state index >= 15 is 0 Å². The number of nitrogens with one attached hydrogen (secondary N) is 1. The lowest BCUT2D eigenvalue weighted by Crippen LogP contribution is -2.32. The zero-order valence-corrected chi connectivity index (χ0v) is 17.3. The molecule has 2 heterocycles. The van der Waals surface area contributed by atoms with Crippen molar-refractivity contribution in [2.45, 2.75) is 39.3 Å². The van der Waals surface area contributed by atoms with Crippen LogP contribution in [0.5, 0.6) is 11.5 Å². The minimum atomic E-state index is -0.154. The first-order valence-corrected chi connectivity index (χ1v) is 10.2. The Morgan fingerprint density at radius 3 is 2.60 bits per heavy atom. The number of hydrogen-bond acceptors (Lipinski definition) is 5. The van der Waals surface area contributed by atoms with Crippen LogP contribution < -0.4 is 14.8 Å². The average molecular weight is 406 g/mol. The van der Waals surface area contributed by atoms with E-state index < -0.39 is 0 Å². The Kier molecular flexibility index (Phi) is 5.97. The molecule has 1 N–H and O–H groups in total. The molecule has 1 atom stereocenters. The maximum absolute atomic E-state index is 12.8. The summed E-state index contributed by atoms with van der Waals surface area (Å²) in [4.78, 5) is 17.1. The number of aromatic nitrogens is 3. The van der Waals surface area contributed by atoms with Gasteiger partial charge in [0, 0.05) is 0 Å². The minimum Gasteiger partial charge on any atom is -0.486 e. The normalized spacial score (nSPS) is 13.7. The summed E-state index contributed by atoms with van der Waals surface area (Å²) in [6.07, 6.45) is 1.62. The summed E-state index contributed by atoms with van der Waals surface area (Å²) < 4.78 is 13.0. The van der Waals surface area contributed by atoms with E-state index in [-0.39, 0.29) is 18.5 Å². The maximum Gasteiger partial charge on any atom is 0.242 e. The number of aryl methyl sites for hydroxylation is 3. The summed E-state index contributed by atoms with van der Waals surface area (Å²) in [5.41, 5.74) is 2.23. The molecule has 1 aliphatic heterocycles. The van der Waals surface area contributed by atoms with Gasteiger partial charge in [-0.25, -0.2) is 9.67 Å². The average Bonchev–Trinajstić information content (AvgIpc) is 3.07. The fourth-order valence-corrected chi connectivity index (χ4v) is 3.64. The van der Waals surface area contributed by atoms with Gasteiger partial charge < -0.3 is 14.8 Å². The second kappa shape index (κ2) is 8.98. The van der Waals surface area contributed by atoms with E-state index in [4.69, 9.17) is 9.47 Å². The van der Waals surface area contributed by atoms with Gasteiger partial charge >= 0.3 is 0 Å². The van der Waals surface area contributed by atoms with Crippen molar-refractivity contribution in [1.29, 1.82) is 0 Å². The predicted molar refractivity (Wildman–Crippen MR) is 113 cm³/mol. The molecule has 2 aromatic carbocycles. The molecule has 0 saturated carbocycles. The third-order valence-corrected chi connectivity index (χ3v) is 5.12. The van der Waals surface area contributed by atoms with Crippen molar-refractivity contribution in [3.8, 4) is 11.5 Å². The van der Waals surface area contributed by atoms with Crippen molar-refractivity contribution < 1.29 is 14.3 Å². The Hall–Kier alpha value is -3.35. The minimum absolute atomic E-state index is 0.101. The molecule has 0 radical (unpaired) electrons. The second-order valence-electron chi connectivity index (χ2n) is 7.41. The lowest BCUT2D eigenvalue weighted by molar-refractivity contribution is -0.122. The Balaban J connectivity index is 1.52. The van der Waals surface area contributed by atoms with Crippen molar-refractivity contribution in [1.82, 2.24) is 20.1 Å². The Morgan fingerprint density at radius 1 is 1.10 bits per heavy atom. The largest absolute Gasteiger partial charge is 0.486 e. The Labute approximate surface area is 176 Å². The molecule has 1 aliphatic rings. The van der Waals surface area contributed by atoms with E-state index in [0.29, 0.717) is 19.0 Å². The fraction of sp³-hybridized carbons (Fsp3) is 0.348. The summed E-state index contributed by atoms with van der Waals surface area (Å²) in [5, 5.41) is 7.46. The molecule has 0 spiro atoms. The molecule has 0 fully saturated rings. The molecule has 3 aromatic rings. The van der Waals surface area contributed by atoms with Crippen LogP contribution in [-0.2, 0) is 17.8 Å². The fourth-order valence-electron chi connectivity index (χ4n) is 3.64. The zero-order valence-electron chi connectivity index (χ0n) is 17.3. The predicted octanol–water partition coefficient (Wildman–Crippen LogP) is 3.16. The SMILES string of the molecule is Cc1nc(C)n(CC(=O)N[C@@H](CCc2ccccc2)c2ccc3c(c2)OCCO3)n1. The summed E-state index contributed by atoms with van der Waals surface area (Å²) in [6, 6.07) is 16.0. The van der Waals surface area contributed by atoms with Crippen LogP contribution in [0.15, 0.2) is 48.5 Å². The van der Waals surface area contributed by atoms with E-state index in [1.54, 1.807) is 4.68 Å². The van der Waals surface area contributed by atoms with E-state index in [1.807, 2.05) is 50.2 Å². The quantitative estimate of drug-likeness (QED) is 0.652. The van der Waals surface area contributed by atoms with Gasteiger partial charge in [-0.1, -0.05) is 36.4 Å². The number of carbonyl (C=O) groups is 1. The molecule has 0 unspecified atom stereocenters. The van der Waals surface area contributed by atoms with Crippen LogP contribution in [0.1, 0.15) is 35.2 Å². The second-order valence-corrected chi connectivity index (χ2v) is 7.41. The monoisotopic (exact) mass is 406 g/mol. The van der Waals surface area contributed by atoms with Crippen LogP contribution in [0.25, 0.3) is 0 Å². The molecule has 0 saturated heterocycles. The highest BCUT2D eigenvalue weighted by Crippen LogP contribution is 2.33. The number of nitrogens with zero attached hydrogens (tertiary/aromatic N) is 3. The van der Waals surface area contributed by atoms with Crippen LogP contribution in [0.4, 0.5) is 0 Å². The number of rotatable bonds is 7. The summed E-state index contributed by atoms with van der Waals surface area (Å²) in [7, 11) is 0. The van der Waals surface area contributed by atoms with Crippen LogP contribution in [-0.4, -0.2) is 33.9 Å². The van der Waals surface area contributed by atoms with Gasteiger partial charge in [0.25, 0.3) is 0 Å². The van der Waals surface area contributed by atoms with E-state index in [2.05, 4.69) is 27.5 Å². The van der Waals surface area contributed by atoms with Gasteiger partial charge in [0.05, 0.1) is 6.04 Å². The lowest BCUT2D eigenvalue weighted by Gasteiger charge is -2.23. The highest BCUT2D eigenvalue weighted by molar-refractivity contribution is 5.76. The molecule has 1 aromatic heterocycles. The van der Waals surface area contributed by atoms with E-state index in [1.165, 1.54) is 5.56 Å². The number of carbonyl (C=O) groups excluding carboxylic acids is 1. The van der Waals surface area contributed by atoms with Crippen molar-refractivity contribution >= 4 is 5.91 Å².